The van der Waals surface area contributed by atoms with E-state index in [0.717, 1.165) is 30.6 Å². The minimum Gasteiger partial charge on any atom is -0.399 e. The number of likely N-dealkylation sites (N-methyl/N-ethyl adjacent to an activating group) is 1. The summed E-state index contributed by atoms with van der Waals surface area (Å²) in [7, 11) is 3.49. The van der Waals surface area contributed by atoms with Gasteiger partial charge in [0.05, 0.1) is 68.3 Å². The van der Waals surface area contributed by atoms with Crippen molar-refractivity contribution in [2.75, 3.05) is 79.2 Å². The number of halogens is 2. The number of nitrogens with two attached hydrogens (primary N) is 1. The standard InChI is InChI=1S/C28H39Cl2N3O5/c1-32(28(34)17-21-6-7-25(29)26(30)16-21)27(22-4-3-5-23(31)18-22)20-33-9-8-24(19-33)38-15-14-37-13-12-36-11-10-35-2/h3-7,16,18,24,27H,8-15,17,19-20,31H2,1-2H3/t24-,27?/m0/s1. The lowest BCUT2D eigenvalue weighted by molar-refractivity contribution is -0.131. The van der Waals surface area contributed by atoms with E-state index >= 15 is 0 Å². The van der Waals surface area contributed by atoms with Gasteiger partial charge < -0.3 is 29.6 Å². The molecular formula is C28H39Cl2N3O5. The van der Waals surface area contributed by atoms with Crippen molar-refractivity contribution in [1.29, 1.82) is 0 Å². The van der Waals surface area contributed by atoms with E-state index in [1.807, 2.05) is 37.4 Å². The third-order valence-electron chi connectivity index (χ3n) is 6.54. The Balaban J connectivity index is 1.51. The Bertz CT molecular complexity index is 1010. The zero-order valence-electron chi connectivity index (χ0n) is 22.2. The lowest BCUT2D eigenvalue weighted by Gasteiger charge is -2.32. The maximum absolute atomic E-state index is 13.3. The molecule has 2 N–H and O–H groups in total. The van der Waals surface area contributed by atoms with Crippen molar-refractivity contribution >= 4 is 34.8 Å². The predicted octanol–water partition coefficient (Wildman–Crippen LogP) is 4.09. The SMILES string of the molecule is COCCOCCOCCO[C@H]1CCN(CC(c2cccc(N)c2)N(C)C(=O)Cc2ccc(Cl)c(Cl)c2)C1. The molecule has 0 radical (unpaired) electrons. The second-order valence-corrected chi connectivity index (χ2v) is 10.2. The number of ether oxygens (including phenoxy) is 4. The molecule has 1 aliphatic rings. The van der Waals surface area contributed by atoms with Crippen molar-refractivity contribution in [1.82, 2.24) is 9.80 Å². The van der Waals surface area contributed by atoms with Crippen molar-refractivity contribution < 1.29 is 23.7 Å². The second kappa shape index (κ2) is 16.3. The number of benzene rings is 2. The molecule has 0 bridgehead atoms. The largest absolute Gasteiger partial charge is 0.399 e. The first-order chi connectivity index (χ1) is 18.4. The molecule has 0 aromatic heterocycles. The Morgan fingerprint density at radius 1 is 1.05 bits per heavy atom. The summed E-state index contributed by atoms with van der Waals surface area (Å²) in [5.41, 5.74) is 8.58. The number of nitrogen functional groups attached to an aromatic ring is 1. The number of carbonyl (C=O) groups excluding carboxylic acids is 1. The first-order valence-corrected chi connectivity index (χ1v) is 13.7. The normalized spacial score (nSPS) is 16.6. The van der Waals surface area contributed by atoms with E-state index in [2.05, 4.69) is 4.90 Å². The van der Waals surface area contributed by atoms with Gasteiger partial charge in [-0.2, -0.15) is 0 Å². The zero-order valence-corrected chi connectivity index (χ0v) is 23.8. The van der Waals surface area contributed by atoms with Crippen LogP contribution in [0.1, 0.15) is 23.6 Å². The van der Waals surface area contributed by atoms with Crippen molar-refractivity contribution in [3.8, 4) is 0 Å². The Hall–Kier alpha value is -1.91. The van der Waals surface area contributed by atoms with Gasteiger partial charge in [0.15, 0.2) is 0 Å². The average molecular weight is 569 g/mol. The summed E-state index contributed by atoms with van der Waals surface area (Å²) in [6.45, 7) is 5.68. The predicted molar refractivity (Wildman–Crippen MR) is 151 cm³/mol. The van der Waals surface area contributed by atoms with Crippen LogP contribution < -0.4 is 5.73 Å². The van der Waals surface area contributed by atoms with Gasteiger partial charge in [-0.25, -0.2) is 0 Å². The third kappa shape index (κ3) is 10.0. The minimum atomic E-state index is -0.158. The molecule has 1 fully saturated rings. The van der Waals surface area contributed by atoms with Crippen LogP contribution in [0.25, 0.3) is 0 Å². The van der Waals surface area contributed by atoms with Gasteiger partial charge in [-0.15, -0.1) is 0 Å². The second-order valence-electron chi connectivity index (χ2n) is 9.37. The summed E-state index contributed by atoms with van der Waals surface area (Å²) in [6, 6.07) is 12.9. The topological polar surface area (TPSA) is 86.5 Å². The molecule has 1 saturated heterocycles. The molecule has 8 nitrogen and oxygen atoms in total. The first kappa shape index (κ1) is 30.6. The number of carbonyl (C=O) groups is 1. The number of hydrogen-bond acceptors (Lipinski definition) is 7. The molecule has 38 heavy (non-hydrogen) atoms. The average Bonchev–Trinajstić information content (AvgIpc) is 3.35. The van der Waals surface area contributed by atoms with Crippen LogP contribution in [-0.4, -0.2) is 95.2 Å². The maximum Gasteiger partial charge on any atom is 0.227 e. The summed E-state index contributed by atoms with van der Waals surface area (Å²) >= 11 is 12.2. The number of likely N-dealkylation sites (tertiary alicyclic amines) is 1. The quantitative estimate of drug-likeness (QED) is 0.241. The van der Waals surface area contributed by atoms with Crippen LogP contribution in [0.15, 0.2) is 42.5 Å². The monoisotopic (exact) mass is 567 g/mol. The van der Waals surface area contributed by atoms with E-state index in [1.165, 1.54) is 0 Å². The van der Waals surface area contributed by atoms with Crippen LogP contribution in [-0.2, 0) is 30.2 Å². The molecular weight excluding hydrogens is 529 g/mol. The molecule has 3 rings (SSSR count). The minimum absolute atomic E-state index is 0.00819. The molecule has 1 unspecified atom stereocenters. The number of anilines is 1. The highest BCUT2D eigenvalue weighted by Gasteiger charge is 2.29. The number of nitrogens with zero attached hydrogens (tertiary/aromatic N) is 2. The molecule has 2 atom stereocenters. The number of rotatable bonds is 16. The van der Waals surface area contributed by atoms with Gasteiger partial charge in [-0.3, -0.25) is 9.69 Å². The Labute approximate surface area is 235 Å². The van der Waals surface area contributed by atoms with Crippen LogP contribution in [0, 0.1) is 0 Å². The van der Waals surface area contributed by atoms with E-state index in [4.69, 9.17) is 47.9 Å². The van der Waals surface area contributed by atoms with Crippen LogP contribution >= 0.6 is 23.2 Å². The summed E-state index contributed by atoms with van der Waals surface area (Å²) in [5, 5.41) is 0.911. The van der Waals surface area contributed by atoms with E-state index in [-0.39, 0.29) is 24.5 Å². The first-order valence-electron chi connectivity index (χ1n) is 12.9. The van der Waals surface area contributed by atoms with Crippen molar-refractivity contribution in [3.05, 3.63) is 63.6 Å². The molecule has 2 aromatic rings. The van der Waals surface area contributed by atoms with Gasteiger partial charge in [0, 0.05) is 39.5 Å². The van der Waals surface area contributed by atoms with Gasteiger partial charge in [-0.05, 0) is 41.8 Å². The Kier molecular flexibility index (Phi) is 13.1. The van der Waals surface area contributed by atoms with Crippen molar-refractivity contribution in [2.24, 2.45) is 0 Å². The number of amides is 1. The molecule has 1 heterocycles. The molecule has 0 spiro atoms. The van der Waals surface area contributed by atoms with Crippen molar-refractivity contribution in [2.45, 2.75) is 25.0 Å². The molecule has 210 valence electrons. The maximum atomic E-state index is 13.3. The fourth-order valence-corrected chi connectivity index (χ4v) is 4.74. The van der Waals surface area contributed by atoms with Crippen LogP contribution in [0.2, 0.25) is 10.0 Å². The summed E-state index contributed by atoms with van der Waals surface area (Å²) < 4.78 is 21.9. The molecule has 0 saturated carbocycles. The van der Waals surface area contributed by atoms with E-state index in [9.17, 15) is 4.79 Å². The Morgan fingerprint density at radius 2 is 1.79 bits per heavy atom. The molecule has 1 aliphatic heterocycles. The highest BCUT2D eigenvalue weighted by Crippen LogP contribution is 2.27. The van der Waals surface area contributed by atoms with Gasteiger partial charge in [0.25, 0.3) is 0 Å². The van der Waals surface area contributed by atoms with Gasteiger partial charge in [0.2, 0.25) is 5.91 Å². The van der Waals surface area contributed by atoms with Crippen LogP contribution in [0.5, 0.6) is 0 Å². The fraction of sp³-hybridized carbons (Fsp3) is 0.536. The van der Waals surface area contributed by atoms with Gasteiger partial charge >= 0.3 is 0 Å². The van der Waals surface area contributed by atoms with E-state index in [0.29, 0.717) is 61.9 Å². The van der Waals surface area contributed by atoms with Crippen LogP contribution in [0.3, 0.4) is 0 Å². The zero-order chi connectivity index (χ0) is 27.3. The summed E-state index contributed by atoms with van der Waals surface area (Å²) in [5.74, 6) is -0.00819. The van der Waals surface area contributed by atoms with Crippen LogP contribution in [0.4, 0.5) is 5.69 Å². The van der Waals surface area contributed by atoms with Gasteiger partial charge in [-0.1, -0.05) is 41.4 Å². The Morgan fingerprint density at radius 3 is 2.50 bits per heavy atom. The molecule has 0 aliphatic carbocycles. The summed E-state index contributed by atoms with van der Waals surface area (Å²) in [6.07, 6.45) is 1.30. The molecule has 1 amide bonds. The summed E-state index contributed by atoms with van der Waals surface area (Å²) in [4.78, 5) is 17.4. The highest BCUT2D eigenvalue weighted by atomic mass is 35.5. The van der Waals surface area contributed by atoms with Gasteiger partial charge in [0.1, 0.15) is 0 Å². The lowest BCUT2D eigenvalue weighted by Crippen LogP contribution is -2.39. The molecule has 2 aromatic carbocycles. The molecule has 10 heteroatoms. The van der Waals surface area contributed by atoms with Crippen molar-refractivity contribution in [3.63, 3.8) is 0 Å². The number of methoxy groups -OCH3 is 1. The van der Waals surface area contributed by atoms with E-state index < -0.39 is 0 Å². The highest BCUT2D eigenvalue weighted by molar-refractivity contribution is 6.42. The third-order valence-corrected chi connectivity index (χ3v) is 7.28. The van der Waals surface area contributed by atoms with E-state index in [1.54, 1.807) is 24.1 Å². The smallest absolute Gasteiger partial charge is 0.227 e. The number of hydrogen-bond donors (Lipinski definition) is 1. The fourth-order valence-electron chi connectivity index (χ4n) is 4.42. The lowest BCUT2D eigenvalue weighted by atomic mass is 10.0.